The number of carbonyl (C=O) groups is 1. The number of ether oxygens (including phenoxy) is 1. The van der Waals surface area contributed by atoms with Gasteiger partial charge in [0.05, 0.1) is 30.0 Å². The van der Waals surface area contributed by atoms with E-state index in [0.717, 1.165) is 13.1 Å². The molecule has 1 aromatic carbocycles. The summed E-state index contributed by atoms with van der Waals surface area (Å²) >= 11 is 5.90. The Labute approximate surface area is 129 Å². The number of nitriles is 1. The molecule has 1 aliphatic rings. The number of rotatable bonds is 3. The van der Waals surface area contributed by atoms with E-state index in [4.69, 9.17) is 21.6 Å². The number of anilines is 1. The second-order valence-corrected chi connectivity index (χ2v) is 5.74. The van der Waals surface area contributed by atoms with Gasteiger partial charge in [0.25, 0.3) is 0 Å². The zero-order valence-corrected chi connectivity index (χ0v) is 12.9. The minimum absolute atomic E-state index is 0.113. The van der Waals surface area contributed by atoms with Gasteiger partial charge in [0, 0.05) is 18.1 Å². The fraction of sp³-hybridized carbons (Fsp3) is 0.467. The van der Waals surface area contributed by atoms with E-state index in [0.29, 0.717) is 16.3 Å². The third-order valence-corrected chi connectivity index (χ3v) is 3.47. The summed E-state index contributed by atoms with van der Waals surface area (Å²) in [5.41, 5.74) is 0.848. The zero-order chi connectivity index (χ0) is 15.4. The summed E-state index contributed by atoms with van der Waals surface area (Å²) in [6.07, 6.45) is 0.227. The third kappa shape index (κ3) is 4.43. The molecule has 1 saturated heterocycles. The lowest BCUT2D eigenvalue weighted by Crippen LogP contribution is -2.48. The van der Waals surface area contributed by atoms with Gasteiger partial charge >= 0.3 is 0 Å². The average molecular weight is 308 g/mol. The Balaban J connectivity index is 1.99. The van der Waals surface area contributed by atoms with Crippen molar-refractivity contribution in [1.82, 2.24) is 4.90 Å². The van der Waals surface area contributed by atoms with Crippen LogP contribution in [0.15, 0.2) is 18.2 Å². The lowest BCUT2D eigenvalue weighted by atomic mass is 10.2. The number of benzene rings is 1. The predicted octanol–water partition coefficient (Wildman–Crippen LogP) is 2.26. The van der Waals surface area contributed by atoms with Gasteiger partial charge in [0.15, 0.2) is 0 Å². The van der Waals surface area contributed by atoms with Crippen LogP contribution in [0.5, 0.6) is 0 Å². The van der Waals surface area contributed by atoms with E-state index < -0.39 is 0 Å². The lowest BCUT2D eigenvalue weighted by Gasteiger charge is -2.34. The lowest BCUT2D eigenvalue weighted by molar-refractivity contribution is -0.121. The molecule has 21 heavy (non-hydrogen) atoms. The number of carbonyl (C=O) groups excluding carboxylic acids is 1. The van der Waals surface area contributed by atoms with Crippen LogP contribution < -0.4 is 5.32 Å². The standard InChI is InChI=1S/C15H18ClN3O2/c1-10-7-19(8-11(2)21-10)9-15(20)18-14-5-13(16)4-3-12(14)6-17/h3-5,10-11H,7-9H2,1-2H3,(H,18,20)/t10-,11-/m0/s1. The van der Waals surface area contributed by atoms with E-state index in [2.05, 4.69) is 5.32 Å². The minimum atomic E-state index is -0.157. The molecule has 0 spiro atoms. The molecule has 112 valence electrons. The van der Waals surface area contributed by atoms with Crippen LogP contribution in [0.1, 0.15) is 19.4 Å². The fourth-order valence-corrected chi connectivity index (χ4v) is 2.70. The largest absolute Gasteiger partial charge is 0.373 e. The van der Waals surface area contributed by atoms with E-state index in [1.165, 1.54) is 0 Å². The number of hydrogen-bond acceptors (Lipinski definition) is 4. The first-order chi connectivity index (χ1) is 9.97. The summed E-state index contributed by atoms with van der Waals surface area (Å²) in [5, 5.41) is 12.3. The number of amides is 1. The van der Waals surface area contributed by atoms with Gasteiger partial charge < -0.3 is 10.1 Å². The van der Waals surface area contributed by atoms with Gasteiger partial charge in [0.1, 0.15) is 6.07 Å². The van der Waals surface area contributed by atoms with Gasteiger partial charge in [-0.1, -0.05) is 11.6 Å². The Morgan fingerprint density at radius 2 is 2.14 bits per heavy atom. The van der Waals surface area contributed by atoms with Gasteiger partial charge in [-0.05, 0) is 32.0 Å². The van der Waals surface area contributed by atoms with Crippen molar-refractivity contribution in [2.24, 2.45) is 0 Å². The summed E-state index contributed by atoms with van der Waals surface area (Å²) < 4.78 is 5.63. The SMILES string of the molecule is C[C@H]1CN(CC(=O)Nc2cc(Cl)ccc2C#N)C[C@H](C)O1. The Hall–Kier alpha value is -1.61. The fourth-order valence-electron chi connectivity index (χ4n) is 2.52. The van der Waals surface area contributed by atoms with Crippen molar-refractivity contribution >= 4 is 23.2 Å². The highest BCUT2D eigenvalue weighted by Crippen LogP contribution is 2.20. The summed E-state index contributed by atoms with van der Waals surface area (Å²) in [6, 6.07) is 6.84. The summed E-state index contributed by atoms with van der Waals surface area (Å²) in [5.74, 6) is -0.157. The number of hydrogen-bond donors (Lipinski definition) is 1. The molecule has 0 aliphatic carbocycles. The average Bonchev–Trinajstić information content (AvgIpc) is 2.37. The molecule has 0 unspecified atom stereocenters. The van der Waals surface area contributed by atoms with Crippen LogP contribution in [0.25, 0.3) is 0 Å². The molecule has 1 N–H and O–H groups in total. The highest BCUT2D eigenvalue weighted by Gasteiger charge is 2.23. The molecule has 2 rings (SSSR count). The quantitative estimate of drug-likeness (QED) is 0.930. The summed E-state index contributed by atoms with van der Waals surface area (Å²) in [6.45, 7) is 5.70. The second-order valence-electron chi connectivity index (χ2n) is 5.30. The number of nitrogens with one attached hydrogen (secondary N) is 1. The Morgan fingerprint density at radius 3 is 2.76 bits per heavy atom. The summed E-state index contributed by atoms with van der Waals surface area (Å²) in [7, 11) is 0. The molecule has 0 saturated carbocycles. The smallest absolute Gasteiger partial charge is 0.238 e. The summed E-state index contributed by atoms with van der Waals surface area (Å²) in [4.78, 5) is 14.2. The molecule has 1 fully saturated rings. The number of halogens is 1. The Morgan fingerprint density at radius 1 is 1.48 bits per heavy atom. The molecular formula is C15H18ClN3O2. The van der Waals surface area contributed by atoms with Crippen LogP contribution in [-0.2, 0) is 9.53 Å². The number of nitrogens with zero attached hydrogens (tertiary/aromatic N) is 2. The first-order valence-corrected chi connectivity index (χ1v) is 7.23. The van der Waals surface area contributed by atoms with Crippen molar-refractivity contribution in [3.8, 4) is 6.07 Å². The van der Waals surface area contributed by atoms with Gasteiger partial charge in [-0.3, -0.25) is 9.69 Å². The van der Waals surface area contributed by atoms with Crippen molar-refractivity contribution in [3.05, 3.63) is 28.8 Å². The van der Waals surface area contributed by atoms with Crippen molar-refractivity contribution in [2.75, 3.05) is 25.0 Å². The topological polar surface area (TPSA) is 65.4 Å². The molecule has 0 radical (unpaired) electrons. The van der Waals surface area contributed by atoms with Gasteiger partial charge in [-0.25, -0.2) is 0 Å². The molecule has 2 atom stereocenters. The highest BCUT2D eigenvalue weighted by molar-refractivity contribution is 6.31. The van der Waals surface area contributed by atoms with Crippen molar-refractivity contribution in [1.29, 1.82) is 5.26 Å². The molecule has 0 aromatic heterocycles. The zero-order valence-electron chi connectivity index (χ0n) is 12.1. The molecule has 1 amide bonds. The van der Waals surface area contributed by atoms with E-state index in [-0.39, 0.29) is 24.7 Å². The van der Waals surface area contributed by atoms with Crippen LogP contribution in [0.3, 0.4) is 0 Å². The van der Waals surface area contributed by atoms with Crippen LogP contribution in [-0.4, -0.2) is 42.6 Å². The molecule has 6 heteroatoms. The van der Waals surface area contributed by atoms with Crippen molar-refractivity contribution in [3.63, 3.8) is 0 Å². The molecule has 0 bridgehead atoms. The third-order valence-electron chi connectivity index (χ3n) is 3.24. The molecule has 1 heterocycles. The van der Waals surface area contributed by atoms with E-state index in [1.807, 2.05) is 24.8 Å². The van der Waals surface area contributed by atoms with E-state index in [1.54, 1.807) is 18.2 Å². The molecule has 1 aliphatic heterocycles. The van der Waals surface area contributed by atoms with Crippen LogP contribution in [0.2, 0.25) is 5.02 Å². The Bertz CT molecular complexity index is 561. The van der Waals surface area contributed by atoms with Crippen molar-refractivity contribution < 1.29 is 9.53 Å². The van der Waals surface area contributed by atoms with Gasteiger partial charge in [0.2, 0.25) is 5.91 Å². The first kappa shape index (κ1) is 15.8. The molecule has 5 nitrogen and oxygen atoms in total. The normalized spacial score (nSPS) is 22.6. The first-order valence-electron chi connectivity index (χ1n) is 6.85. The predicted molar refractivity (Wildman–Crippen MR) is 81.2 cm³/mol. The molecular weight excluding hydrogens is 290 g/mol. The van der Waals surface area contributed by atoms with Crippen LogP contribution >= 0.6 is 11.6 Å². The maximum atomic E-state index is 12.1. The number of morpholine rings is 1. The maximum absolute atomic E-state index is 12.1. The van der Waals surface area contributed by atoms with Crippen LogP contribution in [0.4, 0.5) is 5.69 Å². The van der Waals surface area contributed by atoms with Gasteiger partial charge in [-0.15, -0.1) is 0 Å². The van der Waals surface area contributed by atoms with Crippen molar-refractivity contribution in [2.45, 2.75) is 26.1 Å². The Kier molecular flexibility index (Phi) is 5.18. The molecule has 1 aromatic rings. The minimum Gasteiger partial charge on any atom is -0.373 e. The van der Waals surface area contributed by atoms with Gasteiger partial charge in [-0.2, -0.15) is 5.26 Å². The monoisotopic (exact) mass is 307 g/mol. The highest BCUT2D eigenvalue weighted by atomic mass is 35.5. The van der Waals surface area contributed by atoms with E-state index in [9.17, 15) is 4.79 Å². The maximum Gasteiger partial charge on any atom is 0.238 e. The van der Waals surface area contributed by atoms with Crippen LogP contribution in [0, 0.1) is 11.3 Å². The second kappa shape index (κ2) is 6.90. The van der Waals surface area contributed by atoms with E-state index >= 15 is 0 Å².